The Kier molecular flexibility index (Phi) is 3.78. The lowest BCUT2D eigenvalue weighted by atomic mass is 9.84. The first-order valence-electron chi connectivity index (χ1n) is 5.70. The third kappa shape index (κ3) is 3.06. The first-order valence-corrected chi connectivity index (χ1v) is 6.08. The summed E-state index contributed by atoms with van der Waals surface area (Å²) in [4.78, 5) is 19.4. The first-order chi connectivity index (χ1) is 8.16. The molecule has 92 valence electrons. The van der Waals surface area contributed by atoms with Gasteiger partial charge < -0.3 is 11.1 Å². The van der Waals surface area contributed by atoms with E-state index in [4.69, 9.17) is 17.3 Å². The minimum absolute atomic E-state index is 0.0300. The monoisotopic (exact) mass is 254 g/mol. The molecule has 1 aliphatic rings. The Morgan fingerprint density at radius 2 is 2.00 bits per heavy atom. The third-order valence-corrected chi connectivity index (χ3v) is 3.26. The molecular formula is C11H15ClN4O. The molecule has 0 saturated heterocycles. The second-order valence-electron chi connectivity index (χ2n) is 4.27. The number of primary amides is 1. The molecule has 2 atom stereocenters. The van der Waals surface area contributed by atoms with Crippen molar-refractivity contribution in [3.63, 3.8) is 0 Å². The number of rotatable bonds is 3. The Hall–Kier alpha value is -1.36. The molecule has 0 spiro atoms. The number of carbonyl (C=O) groups is 1. The van der Waals surface area contributed by atoms with Crippen LogP contribution in [0, 0.1) is 5.92 Å². The maximum atomic E-state index is 11.3. The van der Waals surface area contributed by atoms with Crippen molar-refractivity contribution in [2.45, 2.75) is 31.7 Å². The van der Waals surface area contributed by atoms with Crippen LogP contribution in [0.5, 0.6) is 0 Å². The number of anilines is 1. The number of halogens is 1. The van der Waals surface area contributed by atoms with Crippen LogP contribution in [0.4, 0.5) is 5.95 Å². The summed E-state index contributed by atoms with van der Waals surface area (Å²) in [7, 11) is 0. The number of nitrogens with zero attached hydrogens (tertiary/aromatic N) is 2. The largest absolute Gasteiger partial charge is 0.369 e. The van der Waals surface area contributed by atoms with Crippen molar-refractivity contribution in [3.05, 3.63) is 17.4 Å². The molecular weight excluding hydrogens is 240 g/mol. The van der Waals surface area contributed by atoms with Crippen LogP contribution in [0.2, 0.25) is 5.02 Å². The molecule has 1 amide bonds. The molecule has 17 heavy (non-hydrogen) atoms. The third-order valence-electron chi connectivity index (χ3n) is 3.07. The van der Waals surface area contributed by atoms with Crippen molar-refractivity contribution >= 4 is 23.5 Å². The Morgan fingerprint density at radius 1 is 1.35 bits per heavy atom. The predicted octanol–water partition coefficient (Wildman–Crippen LogP) is 1.59. The molecule has 1 aromatic heterocycles. The summed E-state index contributed by atoms with van der Waals surface area (Å²) >= 11 is 5.71. The van der Waals surface area contributed by atoms with Gasteiger partial charge in [-0.1, -0.05) is 24.4 Å². The van der Waals surface area contributed by atoms with Crippen LogP contribution >= 0.6 is 11.6 Å². The minimum atomic E-state index is -0.254. The molecule has 1 fully saturated rings. The molecule has 0 aliphatic heterocycles. The molecule has 6 heteroatoms. The number of hydrogen-bond donors (Lipinski definition) is 2. The van der Waals surface area contributed by atoms with Gasteiger partial charge in [-0.25, -0.2) is 9.97 Å². The van der Waals surface area contributed by atoms with Gasteiger partial charge >= 0.3 is 0 Å². The van der Waals surface area contributed by atoms with Crippen LogP contribution < -0.4 is 11.1 Å². The predicted molar refractivity (Wildman–Crippen MR) is 65.6 cm³/mol. The van der Waals surface area contributed by atoms with Crippen molar-refractivity contribution in [2.24, 2.45) is 11.7 Å². The van der Waals surface area contributed by atoms with Crippen LogP contribution in [0.1, 0.15) is 25.7 Å². The smallest absolute Gasteiger partial charge is 0.222 e. The van der Waals surface area contributed by atoms with E-state index in [2.05, 4.69) is 15.3 Å². The van der Waals surface area contributed by atoms with Gasteiger partial charge in [-0.15, -0.1) is 0 Å². The van der Waals surface area contributed by atoms with Crippen LogP contribution in [0.3, 0.4) is 0 Å². The SMILES string of the molecule is NC(=O)C1CCCCC1Nc1ncc(Cl)cn1. The van der Waals surface area contributed by atoms with E-state index in [1.807, 2.05) is 0 Å². The molecule has 0 bridgehead atoms. The molecule has 1 saturated carbocycles. The van der Waals surface area contributed by atoms with Gasteiger partial charge in [-0.3, -0.25) is 4.79 Å². The molecule has 5 nitrogen and oxygen atoms in total. The molecule has 1 aliphatic carbocycles. The summed E-state index contributed by atoms with van der Waals surface area (Å²) in [5.74, 6) is 0.103. The van der Waals surface area contributed by atoms with Gasteiger partial charge in [0.25, 0.3) is 0 Å². The van der Waals surface area contributed by atoms with E-state index >= 15 is 0 Å². The number of nitrogens with one attached hydrogen (secondary N) is 1. The fourth-order valence-electron chi connectivity index (χ4n) is 2.20. The quantitative estimate of drug-likeness (QED) is 0.858. The van der Waals surface area contributed by atoms with Crippen LogP contribution in [0.15, 0.2) is 12.4 Å². The highest BCUT2D eigenvalue weighted by atomic mass is 35.5. The second-order valence-corrected chi connectivity index (χ2v) is 4.71. The summed E-state index contributed by atoms with van der Waals surface area (Å²) in [6, 6.07) is 0.0300. The molecule has 0 aromatic carbocycles. The number of carbonyl (C=O) groups excluding carboxylic acids is 1. The maximum Gasteiger partial charge on any atom is 0.222 e. The fourth-order valence-corrected chi connectivity index (χ4v) is 2.29. The van der Waals surface area contributed by atoms with Gasteiger partial charge in [-0.05, 0) is 12.8 Å². The van der Waals surface area contributed by atoms with Crippen LogP contribution in [-0.4, -0.2) is 21.9 Å². The normalized spacial score (nSPS) is 24.3. The number of aromatic nitrogens is 2. The van der Waals surface area contributed by atoms with E-state index in [0.29, 0.717) is 11.0 Å². The van der Waals surface area contributed by atoms with Crippen molar-refractivity contribution in [1.29, 1.82) is 0 Å². The van der Waals surface area contributed by atoms with Gasteiger partial charge in [0.1, 0.15) is 0 Å². The topological polar surface area (TPSA) is 80.9 Å². The van der Waals surface area contributed by atoms with Gasteiger partial charge in [0.05, 0.1) is 23.3 Å². The maximum absolute atomic E-state index is 11.3. The second kappa shape index (κ2) is 5.31. The number of amides is 1. The number of nitrogens with two attached hydrogens (primary N) is 1. The number of hydrogen-bond acceptors (Lipinski definition) is 4. The van der Waals surface area contributed by atoms with Crippen molar-refractivity contribution in [2.75, 3.05) is 5.32 Å². The lowest BCUT2D eigenvalue weighted by Crippen LogP contribution is -2.40. The Labute approximate surface area is 105 Å². The molecule has 2 rings (SSSR count). The highest BCUT2D eigenvalue weighted by molar-refractivity contribution is 6.30. The lowest BCUT2D eigenvalue weighted by molar-refractivity contribution is -0.122. The Bertz CT molecular complexity index is 395. The zero-order valence-corrected chi connectivity index (χ0v) is 10.2. The summed E-state index contributed by atoms with van der Waals surface area (Å²) in [6.07, 6.45) is 6.94. The van der Waals surface area contributed by atoms with E-state index in [1.54, 1.807) is 0 Å². The van der Waals surface area contributed by atoms with E-state index in [-0.39, 0.29) is 17.9 Å². The zero-order chi connectivity index (χ0) is 12.3. The Morgan fingerprint density at radius 3 is 2.65 bits per heavy atom. The lowest BCUT2D eigenvalue weighted by Gasteiger charge is -2.29. The minimum Gasteiger partial charge on any atom is -0.369 e. The average molecular weight is 255 g/mol. The van der Waals surface area contributed by atoms with Gasteiger partial charge in [0.15, 0.2) is 0 Å². The van der Waals surface area contributed by atoms with Crippen molar-refractivity contribution in [3.8, 4) is 0 Å². The summed E-state index contributed by atoms with van der Waals surface area (Å²) in [5.41, 5.74) is 5.39. The standard InChI is InChI=1S/C11H15ClN4O/c12-7-5-14-11(15-6-7)16-9-4-2-1-3-8(9)10(13)17/h5-6,8-9H,1-4H2,(H2,13,17)(H,14,15,16). The summed E-state index contributed by atoms with van der Waals surface area (Å²) < 4.78 is 0. The first kappa shape index (κ1) is 12.1. The van der Waals surface area contributed by atoms with E-state index < -0.39 is 0 Å². The zero-order valence-electron chi connectivity index (χ0n) is 9.40. The van der Waals surface area contributed by atoms with Gasteiger partial charge in [0.2, 0.25) is 11.9 Å². The van der Waals surface area contributed by atoms with Gasteiger partial charge in [0, 0.05) is 6.04 Å². The van der Waals surface area contributed by atoms with E-state index in [0.717, 1.165) is 25.7 Å². The van der Waals surface area contributed by atoms with Gasteiger partial charge in [-0.2, -0.15) is 0 Å². The molecule has 1 heterocycles. The average Bonchev–Trinajstić information content (AvgIpc) is 2.32. The van der Waals surface area contributed by atoms with Crippen molar-refractivity contribution < 1.29 is 4.79 Å². The summed E-state index contributed by atoms with van der Waals surface area (Å²) in [6.45, 7) is 0. The van der Waals surface area contributed by atoms with Crippen LogP contribution in [0.25, 0.3) is 0 Å². The summed E-state index contributed by atoms with van der Waals surface area (Å²) in [5, 5.41) is 3.65. The molecule has 3 N–H and O–H groups in total. The fraction of sp³-hybridized carbons (Fsp3) is 0.545. The molecule has 1 aromatic rings. The van der Waals surface area contributed by atoms with E-state index in [9.17, 15) is 4.79 Å². The van der Waals surface area contributed by atoms with E-state index in [1.165, 1.54) is 12.4 Å². The molecule has 0 radical (unpaired) electrons. The Balaban J connectivity index is 2.05. The van der Waals surface area contributed by atoms with Crippen LogP contribution in [-0.2, 0) is 4.79 Å². The molecule has 2 unspecified atom stereocenters. The highest BCUT2D eigenvalue weighted by Crippen LogP contribution is 2.26. The highest BCUT2D eigenvalue weighted by Gasteiger charge is 2.29. The van der Waals surface area contributed by atoms with Crippen molar-refractivity contribution in [1.82, 2.24) is 9.97 Å².